The Labute approximate surface area is 123 Å². The molecule has 1 atom stereocenters. The van der Waals surface area contributed by atoms with Crippen LogP contribution in [0.3, 0.4) is 0 Å². The van der Waals surface area contributed by atoms with Crippen molar-refractivity contribution in [3.05, 3.63) is 29.8 Å². The molecule has 0 saturated heterocycles. The van der Waals surface area contributed by atoms with Gasteiger partial charge in [-0.25, -0.2) is 9.37 Å². The van der Waals surface area contributed by atoms with Crippen molar-refractivity contribution in [2.45, 2.75) is 45.6 Å². The van der Waals surface area contributed by atoms with Crippen molar-refractivity contribution in [3.8, 4) is 0 Å². The van der Waals surface area contributed by atoms with E-state index in [4.69, 9.17) is 11.6 Å². The molecule has 1 aliphatic rings. The summed E-state index contributed by atoms with van der Waals surface area (Å²) < 4.78 is 16.2. The van der Waals surface area contributed by atoms with Gasteiger partial charge in [-0.2, -0.15) is 0 Å². The highest BCUT2D eigenvalue weighted by Crippen LogP contribution is 2.47. The summed E-state index contributed by atoms with van der Waals surface area (Å²) in [6, 6.07) is 5.59. The fourth-order valence-corrected chi connectivity index (χ4v) is 3.70. The maximum Gasteiger partial charge on any atom is 0.151 e. The molecule has 108 valence electrons. The van der Waals surface area contributed by atoms with Gasteiger partial charge in [-0.1, -0.05) is 26.3 Å². The Bertz CT molecular complexity index is 633. The summed E-state index contributed by atoms with van der Waals surface area (Å²) in [6.45, 7) is 4.58. The summed E-state index contributed by atoms with van der Waals surface area (Å²) in [6.07, 6.45) is 4.23. The summed E-state index contributed by atoms with van der Waals surface area (Å²) in [5, 5.41) is 0. The van der Waals surface area contributed by atoms with Crippen molar-refractivity contribution >= 4 is 22.6 Å². The summed E-state index contributed by atoms with van der Waals surface area (Å²) in [7, 11) is 0. The molecule has 1 saturated carbocycles. The minimum absolute atomic E-state index is 0.223. The van der Waals surface area contributed by atoms with Crippen LogP contribution in [-0.2, 0) is 6.42 Å². The second-order valence-electron chi connectivity index (χ2n) is 6.34. The van der Waals surface area contributed by atoms with Gasteiger partial charge in [-0.3, -0.25) is 0 Å². The van der Waals surface area contributed by atoms with E-state index in [9.17, 15) is 4.39 Å². The highest BCUT2D eigenvalue weighted by molar-refractivity contribution is 6.17. The lowest BCUT2D eigenvalue weighted by Gasteiger charge is -2.30. The lowest BCUT2D eigenvalue weighted by atomic mass is 9.87. The summed E-state index contributed by atoms with van der Waals surface area (Å²) >= 11 is 5.91. The van der Waals surface area contributed by atoms with Gasteiger partial charge in [0.2, 0.25) is 0 Å². The Hall–Kier alpha value is -1.09. The molecule has 1 aliphatic carbocycles. The molecule has 2 aromatic rings. The van der Waals surface area contributed by atoms with E-state index in [2.05, 4.69) is 23.4 Å². The van der Waals surface area contributed by atoms with Gasteiger partial charge >= 0.3 is 0 Å². The predicted octanol–water partition coefficient (Wildman–Crippen LogP) is 4.71. The largest absolute Gasteiger partial charge is 0.324 e. The average Bonchev–Trinajstić information content (AvgIpc) is 2.91. The smallest absolute Gasteiger partial charge is 0.151 e. The van der Waals surface area contributed by atoms with E-state index in [-0.39, 0.29) is 11.2 Å². The molecule has 1 aromatic heterocycles. The number of nitrogens with zero attached hydrogens (tertiary/aromatic N) is 2. The maximum absolute atomic E-state index is 14.0. The SMILES string of the molecule is CC1(C)CCCC1n1c(CCCl)nc2c(F)cccc21. The molecular weight excluding hydrogens is 275 g/mol. The van der Waals surface area contributed by atoms with Crippen LogP contribution in [0, 0.1) is 11.2 Å². The van der Waals surface area contributed by atoms with Crippen LogP contribution in [0.5, 0.6) is 0 Å². The zero-order valence-electron chi connectivity index (χ0n) is 12.0. The van der Waals surface area contributed by atoms with Crippen LogP contribution in [-0.4, -0.2) is 15.4 Å². The Morgan fingerprint density at radius 2 is 2.25 bits per heavy atom. The molecule has 1 unspecified atom stereocenters. The number of hydrogen-bond acceptors (Lipinski definition) is 1. The van der Waals surface area contributed by atoms with E-state index in [0.29, 0.717) is 23.9 Å². The van der Waals surface area contributed by atoms with Crippen molar-refractivity contribution in [2.75, 3.05) is 5.88 Å². The minimum atomic E-state index is -0.243. The quantitative estimate of drug-likeness (QED) is 0.750. The maximum atomic E-state index is 14.0. The first kappa shape index (κ1) is 13.9. The fraction of sp³-hybridized carbons (Fsp3) is 0.562. The molecule has 1 heterocycles. The van der Waals surface area contributed by atoms with Crippen LogP contribution in [0.1, 0.15) is 45.0 Å². The Balaban J connectivity index is 2.21. The number of rotatable bonds is 3. The molecule has 0 bridgehead atoms. The Morgan fingerprint density at radius 3 is 2.90 bits per heavy atom. The van der Waals surface area contributed by atoms with Crippen molar-refractivity contribution in [3.63, 3.8) is 0 Å². The minimum Gasteiger partial charge on any atom is -0.324 e. The van der Waals surface area contributed by atoms with E-state index < -0.39 is 0 Å². The van der Waals surface area contributed by atoms with Gasteiger partial charge in [0.25, 0.3) is 0 Å². The molecule has 3 rings (SSSR count). The molecule has 1 fully saturated rings. The number of aryl methyl sites for hydroxylation is 1. The van der Waals surface area contributed by atoms with E-state index in [1.165, 1.54) is 18.9 Å². The number of alkyl halides is 1. The van der Waals surface area contributed by atoms with E-state index >= 15 is 0 Å². The molecule has 0 aliphatic heterocycles. The normalized spacial score (nSPS) is 21.7. The van der Waals surface area contributed by atoms with Gasteiger partial charge in [0.05, 0.1) is 5.52 Å². The highest BCUT2D eigenvalue weighted by atomic mass is 35.5. The van der Waals surface area contributed by atoms with Crippen molar-refractivity contribution in [1.82, 2.24) is 9.55 Å². The number of fused-ring (bicyclic) bond motifs is 1. The van der Waals surface area contributed by atoms with Gasteiger partial charge in [0.15, 0.2) is 5.82 Å². The Kier molecular flexibility index (Phi) is 3.49. The number of hydrogen-bond donors (Lipinski definition) is 0. The van der Waals surface area contributed by atoms with Gasteiger partial charge < -0.3 is 4.57 Å². The molecule has 0 spiro atoms. The standard InChI is InChI=1S/C16H20ClFN2/c1-16(2)9-4-7-13(16)20-12-6-3-5-11(18)15(12)19-14(20)8-10-17/h3,5-6,13H,4,7-10H2,1-2H3. The molecule has 0 N–H and O–H groups in total. The first-order valence-electron chi connectivity index (χ1n) is 7.26. The van der Waals surface area contributed by atoms with E-state index in [1.54, 1.807) is 6.07 Å². The zero-order chi connectivity index (χ0) is 14.3. The molecule has 1 aromatic carbocycles. The van der Waals surface area contributed by atoms with E-state index in [0.717, 1.165) is 17.8 Å². The summed E-state index contributed by atoms with van der Waals surface area (Å²) in [5.74, 6) is 1.19. The summed E-state index contributed by atoms with van der Waals surface area (Å²) in [5.41, 5.74) is 1.61. The molecule has 4 heteroatoms. The lowest BCUT2D eigenvalue weighted by molar-refractivity contribution is 0.261. The molecule has 0 radical (unpaired) electrons. The van der Waals surface area contributed by atoms with Gasteiger partial charge in [0.1, 0.15) is 11.3 Å². The van der Waals surface area contributed by atoms with Crippen LogP contribution in [0.15, 0.2) is 18.2 Å². The zero-order valence-corrected chi connectivity index (χ0v) is 12.8. The lowest BCUT2D eigenvalue weighted by Crippen LogP contribution is -2.23. The third-order valence-corrected chi connectivity index (χ3v) is 4.76. The summed E-state index contributed by atoms with van der Waals surface area (Å²) in [4.78, 5) is 4.52. The average molecular weight is 295 g/mol. The highest BCUT2D eigenvalue weighted by Gasteiger charge is 2.37. The van der Waals surface area contributed by atoms with Gasteiger partial charge in [0, 0.05) is 18.3 Å². The second kappa shape index (κ2) is 5.03. The monoisotopic (exact) mass is 294 g/mol. The third-order valence-electron chi connectivity index (χ3n) is 4.57. The Morgan fingerprint density at radius 1 is 1.45 bits per heavy atom. The number of para-hydroxylation sites is 1. The third kappa shape index (κ3) is 2.12. The van der Waals surface area contributed by atoms with E-state index in [1.807, 2.05) is 6.07 Å². The first-order chi connectivity index (χ1) is 9.54. The molecule has 0 amide bonds. The fourth-order valence-electron chi connectivity index (χ4n) is 3.53. The molecular formula is C16H20ClFN2. The number of benzene rings is 1. The second-order valence-corrected chi connectivity index (χ2v) is 6.72. The predicted molar refractivity (Wildman–Crippen MR) is 80.8 cm³/mol. The van der Waals surface area contributed by atoms with Crippen LogP contribution in [0.25, 0.3) is 11.0 Å². The van der Waals surface area contributed by atoms with Gasteiger partial charge in [-0.15, -0.1) is 11.6 Å². The van der Waals surface area contributed by atoms with Crippen LogP contribution in [0.4, 0.5) is 4.39 Å². The number of aromatic nitrogens is 2. The van der Waals surface area contributed by atoms with Crippen molar-refractivity contribution < 1.29 is 4.39 Å². The number of imidazole rings is 1. The van der Waals surface area contributed by atoms with Crippen molar-refractivity contribution in [2.24, 2.45) is 5.41 Å². The first-order valence-corrected chi connectivity index (χ1v) is 7.79. The number of halogens is 2. The van der Waals surface area contributed by atoms with Crippen LogP contribution >= 0.6 is 11.6 Å². The topological polar surface area (TPSA) is 17.8 Å². The van der Waals surface area contributed by atoms with Crippen LogP contribution < -0.4 is 0 Å². The van der Waals surface area contributed by atoms with Crippen molar-refractivity contribution in [1.29, 1.82) is 0 Å². The van der Waals surface area contributed by atoms with Crippen LogP contribution in [0.2, 0.25) is 0 Å². The molecule has 2 nitrogen and oxygen atoms in total. The molecule has 20 heavy (non-hydrogen) atoms. The van der Waals surface area contributed by atoms with Gasteiger partial charge in [-0.05, 0) is 30.4 Å².